The largest absolute Gasteiger partial charge is 0.438 e. The maximum Gasteiger partial charge on any atom is 0.438 e. The maximum atomic E-state index is 10.3. The zero-order valence-corrected chi connectivity index (χ0v) is 75.3. The van der Waals surface area contributed by atoms with Crippen LogP contribution in [0.5, 0.6) is 0 Å². The normalized spacial score (nSPS) is 13.8. The van der Waals surface area contributed by atoms with Gasteiger partial charge in [0.2, 0.25) is 53.9 Å². The molecule has 8 aliphatic heterocycles. The first-order chi connectivity index (χ1) is 64.7. The second-order valence-corrected chi connectivity index (χ2v) is 29.5. The summed E-state index contributed by atoms with van der Waals surface area (Å²) in [6, 6.07) is 3.88. The Kier molecular flexibility index (Phi) is 64.4. The molecule has 68 nitrogen and oxygen atoms in total. The molecule has 0 bridgehead atoms. The molecule has 8 aliphatic rings. The van der Waals surface area contributed by atoms with Crippen molar-refractivity contribution in [2.24, 2.45) is 20.3 Å². The van der Waals surface area contributed by atoms with Crippen LogP contribution < -0.4 is 87.3 Å². The van der Waals surface area contributed by atoms with E-state index in [0.29, 0.717) is 48.7 Å². The van der Waals surface area contributed by atoms with Gasteiger partial charge in [-0.15, -0.1) is 20.4 Å². The molecule has 0 radical (unpaired) electrons. The topological polar surface area (TPSA) is 998 Å². The lowest BCUT2D eigenvalue weighted by molar-refractivity contribution is -0.125. The SMILES string of the molecule is CC1=CCC(=O)N1.O=C1C=CNC1.O=C1CCC(=O)N1.O=C1CSC(=O)N1.O=C1N=CCN1.O=S1(=O)CC=NO1.O=S1(=O)CN=CO1.O=S1CC=NO1.O=c1[nH]cco1.O=c1[nH]ccs1.O=c1[nH]cno1.O=c1[nH]nco1.O=c1[nH]ncs1.O=c1cc[nH]o1.O=c1cco[nH]1.O=c1ccs[nH]1.O=c1cns[nH]1.O=c1nco[nH]1.O=c1ncs[nH]1.S=c1[nH]nco1.c1nc[nH]n1.c1nn[nH]n1. The number of H-pyrrole nitrogens is 14. The molecular weight excluding hydrogens is 2020 g/mol. The molecule has 7 amide bonds. The molecule has 728 valence electrons. The summed E-state index contributed by atoms with van der Waals surface area (Å²) in [5.41, 5.74) is 2.51. The minimum absolute atomic E-state index is 0.00926. The van der Waals surface area contributed by atoms with Crippen molar-refractivity contribution in [1.82, 2.24) is 156 Å². The Morgan fingerprint density at radius 1 is 0.615 bits per heavy atom. The smallest absolute Gasteiger partial charge is 0.417 e. The number of aromatic nitrogens is 26. The fourth-order valence-corrected chi connectivity index (χ4v) is 9.30. The van der Waals surface area contributed by atoms with Gasteiger partial charge in [0.15, 0.2) is 24.4 Å². The van der Waals surface area contributed by atoms with Crippen molar-refractivity contribution in [1.29, 1.82) is 0 Å². The number of hydrogen-bond acceptors (Lipinski definition) is 56. The highest BCUT2D eigenvalue weighted by Crippen LogP contribution is 2.06. The fourth-order valence-electron chi connectivity index (χ4n) is 5.44. The van der Waals surface area contributed by atoms with Gasteiger partial charge in [0.25, 0.3) is 26.8 Å². The first-order valence-electron chi connectivity index (χ1n) is 34.0. The number of aromatic amines is 14. The van der Waals surface area contributed by atoms with E-state index in [-0.39, 0.29) is 90.1 Å². The number of thiazole rings is 1. The van der Waals surface area contributed by atoms with Crippen LogP contribution in [0.4, 0.5) is 9.59 Å². The molecule has 0 aromatic carbocycles. The molecule has 0 spiro atoms. The number of oxazole rings is 1. The number of rotatable bonds is 0. The fraction of sp³-hybridized carbons (Fsp3) is 0.175. The number of oxime groups is 2. The predicted molar refractivity (Wildman–Crippen MR) is 468 cm³/mol. The standard InChI is InChI=1S/C5H7NO.C4H5NO2.C4H5NO.C3H4N2O.C3H3NO2S.3C3H3NO2.2C3H3NOS.C2H3N3.3C2H2N2O2.4C2H2N2OS.2C2H3NO3S.C2H3NO2S.CH2N4/c1-4-2-3-5(7)6-4;6-3-1-2-4(7)5-3;6-4-1-2-5-3-4;6-3-4-1-2-5-3;5-2-1-7-3(6)4-2;5-3-4-1-2-6-3;5-3-1-2-6-4-3;5-3-1-2-4-6-3;5-3-4-1-2-6-3;5-3-1-2-6-4-3;1-3-2-5-4-1;5-2-4-3-1-6-2;5-2-3-1-6-4-2;5-2-3-1-4-6-2;5-2-4-3-1-6-2;6-2-4-3-1-5-2;5-2-3-1-6-4-2;5-2-1-3-6-4-2;4-7(5)2-3-1-6-7;4-7(5)2-1-3-6-7;4-6-2-1-3-5-6;1-2-4-5-3-1/h2H,3H2,1H3,(H,6,7);1-2H2,(H,5,6,7);1-2,5H,3H2;1H,2H2,(H,5,6);1H2,(H,4,5,6);2*1-2H,(H,4,5);1-2,4H;2*1-2H,(H,4,5);1-2H,(H,3,4,5);2*1H,(H,4,5);1H,(H,3,4,5);1H,(H,4,5);1H,(H,4,6);2*1H,(H,4,5);2*1H,2H2;1H,2H2;1H,(H,2,3,4,5). The van der Waals surface area contributed by atoms with E-state index in [9.17, 15) is 107 Å². The van der Waals surface area contributed by atoms with E-state index in [1.54, 1.807) is 29.4 Å². The Bertz CT molecular complexity index is 5410. The third-order valence-electron chi connectivity index (χ3n) is 10.4. The Hall–Kier alpha value is -17.0. The molecule has 1 atom stereocenters. The summed E-state index contributed by atoms with van der Waals surface area (Å²) in [5.74, 6) is -1.24. The summed E-state index contributed by atoms with van der Waals surface area (Å²) in [4.78, 5) is 203. The molecule has 0 aliphatic carbocycles. The van der Waals surface area contributed by atoms with Gasteiger partial charge in [-0.3, -0.25) is 105 Å². The number of imide groups is 2. The zero-order valence-electron chi connectivity index (χ0n) is 67.2. The number of hydrogen-bond donors (Lipinski definition) is 19. The molecular formula is C57H67N35O33S10. The van der Waals surface area contributed by atoms with E-state index in [4.69, 9.17) is 0 Å². The molecule has 2 saturated heterocycles. The van der Waals surface area contributed by atoms with Gasteiger partial charge in [-0.2, -0.15) is 56.9 Å². The predicted octanol–water partition coefficient (Wildman–Crippen LogP) is -4.32. The zero-order chi connectivity index (χ0) is 99.6. The van der Waals surface area contributed by atoms with Crippen molar-refractivity contribution >= 4 is 178 Å². The van der Waals surface area contributed by atoms with E-state index in [1.807, 2.05) is 23.3 Å². The highest BCUT2D eigenvalue weighted by molar-refractivity contribution is 8.14. The Morgan fingerprint density at radius 2 is 1.40 bits per heavy atom. The molecule has 2 fully saturated rings. The van der Waals surface area contributed by atoms with Crippen LogP contribution in [0.15, 0.2) is 250 Å². The van der Waals surface area contributed by atoms with Crippen molar-refractivity contribution in [2.45, 2.75) is 26.2 Å². The number of carbonyl (C=O) groups is 7. The van der Waals surface area contributed by atoms with Crippen LogP contribution in [0.1, 0.15) is 26.2 Å². The van der Waals surface area contributed by atoms with Crippen LogP contribution in [0, 0.1) is 4.84 Å². The van der Waals surface area contributed by atoms with Crippen molar-refractivity contribution in [3.63, 3.8) is 0 Å². The monoisotopic (exact) mass is 2090 g/mol. The lowest BCUT2D eigenvalue weighted by atomic mass is 10.4. The number of nitrogens with zero attached hydrogens (tertiary/aromatic N) is 16. The van der Waals surface area contributed by atoms with Crippen LogP contribution in [0.2, 0.25) is 0 Å². The average Bonchev–Trinajstić information content (AvgIpc) is 1.80. The number of amides is 7. The van der Waals surface area contributed by atoms with Gasteiger partial charge in [0, 0.05) is 96.7 Å². The molecule has 14 aromatic heterocycles. The first-order valence-corrected chi connectivity index (χ1v) is 44.1. The summed E-state index contributed by atoms with van der Waals surface area (Å²) in [6.45, 7) is 2.96. The van der Waals surface area contributed by atoms with E-state index in [2.05, 4.69) is 222 Å². The Labute approximate surface area is 775 Å². The Morgan fingerprint density at radius 3 is 1.56 bits per heavy atom. The number of nitrogens with one attached hydrogen (secondary N) is 19. The number of carbonyl (C=O) groups excluding carboxylic acids is 7. The number of urea groups is 1. The number of thioether (sulfide) groups is 1. The van der Waals surface area contributed by atoms with Crippen molar-refractivity contribution in [3.8, 4) is 0 Å². The molecule has 78 heteroatoms. The van der Waals surface area contributed by atoms with Crippen molar-refractivity contribution < 1.29 is 98.7 Å². The third-order valence-corrected chi connectivity index (χ3v) is 16.5. The molecule has 19 N–H and O–H groups in total. The average molecular weight is 2090 g/mol. The van der Waals surface area contributed by atoms with Crippen molar-refractivity contribution in [3.05, 3.63) is 264 Å². The maximum absolute atomic E-state index is 10.3. The van der Waals surface area contributed by atoms with Gasteiger partial charge in [-0.25, -0.2) is 73.2 Å². The summed E-state index contributed by atoms with van der Waals surface area (Å²) in [5, 5.41) is 65.7. The third kappa shape index (κ3) is 75.7. The summed E-state index contributed by atoms with van der Waals surface area (Å²) in [7, 11) is -6.54. The van der Waals surface area contributed by atoms with Gasteiger partial charge >= 0.3 is 70.3 Å². The van der Waals surface area contributed by atoms with Gasteiger partial charge < -0.3 is 51.9 Å². The summed E-state index contributed by atoms with van der Waals surface area (Å²) in [6.07, 6.45) is 28.7. The van der Waals surface area contributed by atoms with Gasteiger partial charge in [0.1, 0.15) is 60.2 Å². The van der Waals surface area contributed by atoms with Crippen LogP contribution >= 0.6 is 81.4 Å². The van der Waals surface area contributed by atoms with Crippen LogP contribution in [-0.2, 0) is 68.0 Å². The molecule has 135 heavy (non-hydrogen) atoms. The van der Waals surface area contributed by atoms with Crippen LogP contribution in [0.25, 0.3) is 0 Å². The molecule has 0 saturated carbocycles. The highest BCUT2D eigenvalue weighted by atomic mass is 32.2. The summed E-state index contributed by atoms with van der Waals surface area (Å²) < 4.78 is 103. The molecule has 22 rings (SSSR count). The molecule has 1 unspecified atom stereocenters. The quantitative estimate of drug-likeness (QED) is 0.0388. The number of allylic oxidation sites excluding steroid dienone is 1. The van der Waals surface area contributed by atoms with Gasteiger partial charge in [-0.1, -0.05) is 72.7 Å². The van der Waals surface area contributed by atoms with E-state index >= 15 is 0 Å². The number of ketones is 1. The minimum Gasteiger partial charge on any atom is -0.417 e. The van der Waals surface area contributed by atoms with Crippen LogP contribution in [-0.4, -0.2) is 252 Å². The van der Waals surface area contributed by atoms with E-state index in [1.165, 1.54) is 145 Å². The van der Waals surface area contributed by atoms with Crippen molar-refractivity contribution in [2.75, 3.05) is 36.2 Å². The number of aliphatic imine (C=N–C) groups is 2. The van der Waals surface area contributed by atoms with Gasteiger partial charge in [-0.05, 0) is 36.8 Å². The van der Waals surface area contributed by atoms with E-state index < -0.39 is 54.3 Å². The summed E-state index contributed by atoms with van der Waals surface area (Å²) >= 11 is 10.1. The van der Waals surface area contributed by atoms with Gasteiger partial charge in [0.05, 0.1) is 31.3 Å². The molecule has 14 aromatic rings. The lowest BCUT2D eigenvalue weighted by Gasteiger charge is -1.88. The second kappa shape index (κ2) is 74.9. The second-order valence-electron chi connectivity index (χ2n) is 20.3. The van der Waals surface area contributed by atoms with E-state index in [0.717, 1.165) is 59.7 Å². The number of tetrazole rings is 1. The minimum atomic E-state index is -3.27. The molecule has 22 heterocycles. The Balaban J connectivity index is 0.000000707. The highest BCUT2D eigenvalue weighted by Gasteiger charge is 2.18. The first kappa shape index (κ1) is 116. The lowest BCUT2D eigenvalue weighted by Crippen LogP contribution is -2.18. The van der Waals surface area contributed by atoms with Crippen LogP contribution in [0.3, 0.4) is 0 Å².